The van der Waals surface area contributed by atoms with Gasteiger partial charge in [-0.05, 0) is 24.5 Å². The average molecular weight is 315 g/mol. The van der Waals surface area contributed by atoms with E-state index in [0.717, 1.165) is 29.3 Å². The summed E-state index contributed by atoms with van der Waals surface area (Å²) in [5.74, 6) is -0.650. The van der Waals surface area contributed by atoms with Gasteiger partial charge >= 0.3 is 0 Å². The maximum Gasteiger partial charge on any atom is 0.242 e. The Kier molecular flexibility index (Phi) is 4.34. The zero-order valence-corrected chi connectivity index (χ0v) is 12.9. The molecule has 1 heterocycles. The standard InChI is InChI=1S/C17H21N3O3/c21-15(9-12-11-18-14-6-2-1-5-13(12)14)19-20-16(22)10-17(23)7-3-4-8-17/h1-2,5-6,11,18,23H,3-4,7-10H2,(H,19,21)(H,20,22). The highest BCUT2D eigenvalue weighted by molar-refractivity contribution is 5.89. The number of aromatic nitrogens is 1. The van der Waals surface area contributed by atoms with Gasteiger partial charge in [-0.2, -0.15) is 0 Å². The summed E-state index contributed by atoms with van der Waals surface area (Å²) >= 11 is 0. The number of carbonyl (C=O) groups excluding carboxylic acids is 2. The highest BCUT2D eigenvalue weighted by Gasteiger charge is 2.33. The van der Waals surface area contributed by atoms with Crippen LogP contribution in [-0.2, 0) is 16.0 Å². The van der Waals surface area contributed by atoms with E-state index >= 15 is 0 Å². The van der Waals surface area contributed by atoms with Crippen molar-refractivity contribution in [2.45, 2.75) is 44.1 Å². The molecule has 2 amide bonds. The number of amides is 2. The van der Waals surface area contributed by atoms with Crippen molar-refractivity contribution in [2.24, 2.45) is 0 Å². The minimum atomic E-state index is -0.911. The largest absolute Gasteiger partial charge is 0.389 e. The summed E-state index contributed by atoms with van der Waals surface area (Å²) in [7, 11) is 0. The summed E-state index contributed by atoms with van der Waals surface area (Å²) in [6.07, 6.45) is 5.17. The smallest absolute Gasteiger partial charge is 0.242 e. The number of para-hydroxylation sites is 1. The van der Waals surface area contributed by atoms with E-state index in [1.54, 1.807) is 6.20 Å². The lowest BCUT2D eigenvalue weighted by Crippen LogP contribution is -2.45. The van der Waals surface area contributed by atoms with Gasteiger partial charge in [0, 0.05) is 17.1 Å². The predicted octanol–water partition coefficient (Wildman–Crippen LogP) is 1.55. The molecule has 0 atom stereocenters. The van der Waals surface area contributed by atoms with E-state index in [9.17, 15) is 14.7 Å². The summed E-state index contributed by atoms with van der Waals surface area (Å²) < 4.78 is 0. The molecule has 23 heavy (non-hydrogen) atoms. The Bertz CT molecular complexity index is 717. The van der Waals surface area contributed by atoms with Gasteiger partial charge in [0.05, 0.1) is 18.4 Å². The van der Waals surface area contributed by atoms with Crippen LogP contribution in [0.25, 0.3) is 10.9 Å². The van der Waals surface area contributed by atoms with E-state index < -0.39 is 5.60 Å². The van der Waals surface area contributed by atoms with Crippen molar-refractivity contribution in [1.29, 1.82) is 0 Å². The number of aromatic amines is 1. The van der Waals surface area contributed by atoms with Crippen molar-refractivity contribution < 1.29 is 14.7 Å². The number of rotatable bonds is 4. The van der Waals surface area contributed by atoms with E-state index in [4.69, 9.17) is 0 Å². The van der Waals surface area contributed by atoms with Crippen LogP contribution in [0, 0.1) is 0 Å². The highest BCUT2D eigenvalue weighted by atomic mass is 16.3. The first kappa shape index (κ1) is 15.6. The Hall–Kier alpha value is -2.34. The SMILES string of the molecule is O=C(Cc1c[nH]c2ccccc12)NNC(=O)CC1(O)CCCC1. The van der Waals surface area contributed by atoms with Crippen LogP contribution in [0.2, 0.25) is 0 Å². The molecule has 0 spiro atoms. The van der Waals surface area contributed by atoms with Crippen molar-refractivity contribution in [3.63, 3.8) is 0 Å². The van der Waals surface area contributed by atoms with Gasteiger partial charge in [0.25, 0.3) is 0 Å². The summed E-state index contributed by atoms with van der Waals surface area (Å²) in [6.45, 7) is 0. The summed E-state index contributed by atoms with van der Waals surface area (Å²) in [5, 5.41) is 11.2. The molecule has 1 aromatic carbocycles. The molecule has 0 aliphatic heterocycles. The molecule has 0 radical (unpaired) electrons. The van der Waals surface area contributed by atoms with Gasteiger partial charge in [-0.1, -0.05) is 31.0 Å². The molecule has 1 fully saturated rings. The van der Waals surface area contributed by atoms with E-state index in [2.05, 4.69) is 15.8 Å². The molecule has 1 saturated carbocycles. The Morgan fingerprint density at radius 2 is 1.83 bits per heavy atom. The number of hydrazine groups is 1. The van der Waals surface area contributed by atoms with Crippen LogP contribution in [0.15, 0.2) is 30.5 Å². The molecule has 0 saturated heterocycles. The fourth-order valence-corrected chi connectivity index (χ4v) is 3.19. The normalized spacial score (nSPS) is 16.4. The zero-order valence-electron chi connectivity index (χ0n) is 12.9. The number of aliphatic hydroxyl groups is 1. The second kappa shape index (κ2) is 6.42. The number of H-pyrrole nitrogens is 1. The van der Waals surface area contributed by atoms with Crippen molar-refractivity contribution in [2.75, 3.05) is 0 Å². The molecular formula is C17H21N3O3. The zero-order chi connectivity index (χ0) is 16.3. The third kappa shape index (κ3) is 3.71. The topological polar surface area (TPSA) is 94.2 Å². The number of carbonyl (C=O) groups is 2. The molecule has 2 aromatic rings. The summed E-state index contributed by atoms with van der Waals surface area (Å²) in [6, 6.07) is 7.74. The van der Waals surface area contributed by atoms with Gasteiger partial charge in [0.2, 0.25) is 11.8 Å². The van der Waals surface area contributed by atoms with Crippen LogP contribution in [0.5, 0.6) is 0 Å². The highest BCUT2D eigenvalue weighted by Crippen LogP contribution is 2.32. The Balaban J connectivity index is 1.50. The van der Waals surface area contributed by atoms with Crippen LogP contribution in [0.4, 0.5) is 0 Å². The van der Waals surface area contributed by atoms with Crippen LogP contribution in [0.3, 0.4) is 0 Å². The molecule has 6 heteroatoms. The molecule has 4 N–H and O–H groups in total. The molecule has 122 valence electrons. The second-order valence-corrected chi connectivity index (χ2v) is 6.24. The maximum absolute atomic E-state index is 12.0. The lowest BCUT2D eigenvalue weighted by Gasteiger charge is -2.21. The van der Waals surface area contributed by atoms with Gasteiger partial charge in [-0.25, -0.2) is 0 Å². The van der Waals surface area contributed by atoms with Crippen molar-refractivity contribution in [1.82, 2.24) is 15.8 Å². The number of hydrogen-bond donors (Lipinski definition) is 4. The monoisotopic (exact) mass is 315 g/mol. The Morgan fingerprint density at radius 3 is 2.61 bits per heavy atom. The first-order valence-corrected chi connectivity index (χ1v) is 7.91. The number of nitrogens with one attached hydrogen (secondary N) is 3. The predicted molar refractivity (Wildman–Crippen MR) is 86.3 cm³/mol. The quantitative estimate of drug-likeness (QED) is 0.645. The van der Waals surface area contributed by atoms with Gasteiger partial charge in [0.1, 0.15) is 0 Å². The van der Waals surface area contributed by atoms with E-state index in [-0.39, 0.29) is 24.7 Å². The van der Waals surface area contributed by atoms with E-state index in [1.807, 2.05) is 24.3 Å². The fraction of sp³-hybridized carbons (Fsp3) is 0.412. The second-order valence-electron chi connectivity index (χ2n) is 6.24. The number of benzene rings is 1. The molecule has 6 nitrogen and oxygen atoms in total. The summed E-state index contributed by atoms with van der Waals surface area (Å²) in [5.41, 5.74) is 5.74. The first-order valence-electron chi connectivity index (χ1n) is 7.91. The molecule has 1 aliphatic carbocycles. The van der Waals surface area contributed by atoms with E-state index in [1.165, 1.54) is 0 Å². The molecule has 0 bridgehead atoms. The number of hydrogen-bond acceptors (Lipinski definition) is 3. The van der Waals surface area contributed by atoms with E-state index in [0.29, 0.717) is 12.8 Å². The average Bonchev–Trinajstić information content (AvgIpc) is 3.13. The van der Waals surface area contributed by atoms with Gasteiger partial charge in [-0.3, -0.25) is 20.4 Å². The summed E-state index contributed by atoms with van der Waals surface area (Å²) in [4.78, 5) is 26.9. The lowest BCUT2D eigenvalue weighted by molar-refractivity contribution is -0.131. The number of fused-ring (bicyclic) bond motifs is 1. The van der Waals surface area contributed by atoms with Crippen LogP contribution in [0.1, 0.15) is 37.7 Å². The molecule has 3 rings (SSSR count). The Labute approximate surface area is 134 Å². The first-order chi connectivity index (χ1) is 11.1. The minimum Gasteiger partial charge on any atom is -0.389 e. The Morgan fingerprint density at radius 1 is 1.13 bits per heavy atom. The fourth-order valence-electron chi connectivity index (χ4n) is 3.19. The third-order valence-electron chi connectivity index (χ3n) is 4.39. The lowest BCUT2D eigenvalue weighted by atomic mass is 9.98. The van der Waals surface area contributed by atoms with Gasteiger partial charge in [0.15, 0.2) is 0 Å². The molecule has 1 aliphatic rings. The molecular weight excluding hydrogens is 294 g/mol. The van der Waals surface area contributed by atoms with Crippen LogP contribution >= 0.6 is 0 Å². The van der Waals surface area contributed by atoms with Crippen LogP contribution < -0.4 is 10.9 Å². The van der Waals surface area contributed by atoms with Crippen molar-refractivity contribution >= 4 is 22.7 Å². The van der Waals surface area contributed by atoms with Gasteiger partial charge < -0.3 is 10.1 Å². The van der Waals surface area contributed by atoms with Crippen molar-refractivity contribution in [3.8, 4) is 0 Å². The van der Waals surface area contributed by atoms with Crippen molar-refractivity contribution in [3.05, 3.63) is 36.0 Å². The van der Waals surface area contributed by atoms with Gasteiger partial charge in [-0.15, -0.1) is 0 Å². The van der Waals surface area contributed by atoms with Crippen LogP contribution in [-0.4, -0.2) is 27.5 Å². The molecule has 0 unspecified atom stereocenters. The maximum atomic E-state index is 12.0. The minimum absolute atomic E-state index is 0.0281. The molecule has 1 aromatic heterocycles. The third-order valence-corrected chi connectivity index (χ3v) is 4.39.